The van der Waals surface area contributed by atoms with Crippen LogP contribution in [0.5, 0.6) is 11.5 Å². The predicted octanol–water partition coefficient (Wildman–Crippen LogP) is 5.27. The van der Waals surface area contributed by atoms with Crippen molar-refractivity contribution in [3.8, 4) is 11.5 Å². The largest absolute Gasteiger partial charge is 0.485 e. The molecule has 8 heteroatoms. The van der Waals surface area contributed by atoms with Gasteiger partial charge in [-0.15, -0.1) is 0 Å². The highest BCUT2D eigenvalue weighted by molar-refractivity contribution is 6.02. The summed E-state index contributed by atoms with van der Waals surface area (Å²) in [5, 5.41) is 2.92. The van der Waals surface area contributed by atoms with Crippen LogP contribution in [-0.4, -0.2) is 30.8 Å². The number of Topliss-reactive ketones (excluding diaryl/α,β-unsaturated/α-hetero) is 1. The number of hydrogen-bond acceptors (Lipinski definition) is 6. The van der Waals surface area contributed by atoms with E-state index in [1.54, 1.807) is 36.4 Å². The number of nitrogens with one attached hydrogen (secondary N) is 1. The zero-order chi connectivity index (χ0) is 27.4. The molecule has 1 N–H and O–H groups in total. The first kappa shape index (κ1) is 25.8. The quantitative estimate of drug-likeness (QED) is 0.300. The van der Waals surface area contributed by atoms with Crippen LogP contribution in [0.3, 0.4) is 0 Å². The lowest BCUT2D eigenvalue weighted by molar-refractivity contribution is -0.121. The number of furan rings is 1. The molecule has 0 spiro atoms. The number of carbonyl (C=O) groups excluding carboxylic acids is 3. The molecule has 0 fully saturated rings. The fourth-order valence-electron chi connectivity index (χ4n) is 4.32. The topological polar surface area (TPSA) is 98.1 Å². The standard InChI is InChI=1S/C31H28N2O6/c1-20-7-6-10-24(15-20)37-18-27(34)23-11-13-28-26(16-23)33(30(35)19-38-28)17-25-12-14-29(39-25)31(36)32-21(2)22-8-4-3-5-9-22/h3-16,21H,17-19H2,1-2H3,(H,32,36). The van der Waals surface area contributed by atoms with Crippen LogP contribution in [-0.2, 0) is 11.3 Å². The summed E-state index contributed by atoms with van der Waals surface area (Å²) in [5.74, 6) is 0.779. The van der Waals surface area contributed by atoms with E-state index in [9.17, 15) is 14.4 Å². The first-order valence-corrected chi connectivity index (χ1v) is 12.6. The van der Waals surface area contributed by atoms with E-state index in [-0.39, 0.29) is 49.2 Å². The van der Waals surface area contributed by atoms with Gasteiger partial charge in [0.1, 0.15) is 17.3 Å². The molecule has 0 saturated carbocycles. The lowest BCUT2D eigenvalue weighted by Crippen LogP contribution is -2.38. The fraction of sp³-hybridized carbons (Fsp3) is 0.194. The van der Waals surface area contributed by atoms with E-state index >= 15 is 0 Å². The second kappa shape index (κ2) is 11.3. The molecule has 0 bridgehead atoms. The van der Waals surface area contributed by atoms with Crippen molar-refractivity contribution in [2.45, 2.75) is 26.4 Å². The normalized spacial score (nSPS) is 13.3. The van der Waals surface area contributed by atoms with Crippen LogP contribution in [0.25, 0.3) is 0 Å². The predicted molar refractivity (Wildman–Crippen MR) is 145 cm³/mol. The Balaban J connectivity index is 1.28. The number of rotatable bonds is 9. The average molecular weight is 525 g/mol. The summed E-state index contributed by atoms with van der Waals surface area (Å²) in [6, 6.07) is 25.1. The van der Waals surface area contributed by atoms with Gasteiger partial charge in [0.05, 0.1) is 18.3 Å². The van der Waals surface area contributed by atoms with Gasteiger partial charge in [0.15, 0.2) is 24.8 Å². The Labute approximate surface area is 226 Å². The number of fused-ring (bicyclic) bond motifs is 1. The maximum Gasteiger partial charge on any atom is 0.287 e. The molecular formula is C31H28N2O6. The van der Waals surface area contributed by atoms with Gasteiger partial charge < -0.3 is 19.2 Å². The highest BCUT2D eigenvalue weighted by atomic mass is 16.5. The molecule has 0 radical (unpaired) electrons. The summed E-state index contributed by atoms with van der Waals surface area (Å²) >= 11 is 0. The van der Waals surface area contributed by atoms with E-state index in [1.807, 2.05) is 62.4 Å². The van der Waals surface area contributed by atoms with Crippen LogP contribution in [0.15, 0.2) is 89.3 Å². The molecule has 4 aromatic rings. The third-order valence-corrected chi connectivity index (χ3v) is 6.43. The monoisotopic (exact) mass is 524 g/mol. The van der Waals surface area contributed by atoms with Gasteiger partial charge in [-0.1, -0.05) is 42.5 Å². The third kappa shape index (κ3) is 6.01. The van der Waals surface area contributed by atoms with Crippen LogP contribution >= 0.6 is 0 Å². The van der Waals surface area contributed by atoms with Crippen LogP contribution < -0.4 is 19.7 Å². The van der Waals surface area contributed by atoms with Gasteiger partial charge in [0, 0.05) is 5.56 Å². The number of hydrogen-bond donors (Lipinski definition) is 1. The van der Waals surface area contributed by atoms with Crippen molar-refractivity contribution in [3.05, 3.63) is 113 Å². The van der Waals surface area contributed by atoms with Gasteiger partial charge in [-0.3, -0.25) is 19.3 Å². The Kier molecular flexibility index (Phi) is 7.45. The van der Waals surface area contributed by atoms with Crippen molar-refractivity contribution < 1.29 is 28.3 Å². The molecule has 3 aromatic carbocycles. The number of aryl methyl sites for hydroxylation is 1. The van der Waals surface area contributed by atoms with Gasteiger partial charge >= 0.3 is 0 Å². The first-order chi connectivity index (χ1) is 18.9. The molecule has 8 nitrogen and oxygen atoms in total. The minimum Gasteiger partial charge on any atom is -0.485 e. The van der Waals surface area contributed by atoms with Crippen molar-refractivity contribution in [1.82, 2.24) is 5.32 Å². The average Bonchev–Trinajstić information content (AvgIpc) is 3.42. The number of benzene rings is 3. The van der Waals surface area contributed by atoms with E-state index in [0.717, 1.165) is 11.1 Å². The first-order valence-electron chi connectivity index (χ1n) is 12.6. The molecule has 198 valence electrons. The van der Waals surface area contributed by atoms with Crippen molar-refractivity contribution in [2.75, 3.05) is 18.1 Å². The molecule has 0 aliphatic carbocycles. The lowest BCUT2D eigenvalue weighted by Gasteiger charge is -2.29. The molecule has 39 heavy (non-hydrogen) atoms. The molecule has 2 amide bonds. The van der Waals surface area contributed by atoms with E-state index in [2.05, 4.69) is 5.32 Å². The third-order valence-electron chi connectivity index (χ3n) is 6.43. The van der Waals surface area contributed by atoms with Gasteiger partial charge in [0.2, 0.25) is 0 Å². The molecule has 5 rings (SSSR count). The summed E-state index contributed by atoms with van der Waals surface area (Å²) in [6.45, 7) is 3.64. The maximum absolute atomic E-state index is 12.9. The fourth-order valence-corrected chi connectivity index (χ4v) is 4.32. The van der Waals surface area contributed by atoms with Crippen molar-refractivity contribution in [3.63, 3.8) is 0 Å². The number of ether oxygens (including phenoxy) is 2. The summed E-state index contributed by atoms with van der Waals surface area (Å²) in [7, 11) is 0. The van der Waals surface area contributed by atoms with E-state index in [4.69, 9.17) is 13.9 Å². The summed E-state index contributed by atoms with van der Waals surface area (Å²) in [4.78, 5) is 39.9. The van der Waals surface area contributed by atoms with Crippen molar-refractivity contribution in [2.24, 2.45) is 0 Å². The smallest absolute Gasteiger partial charge is 0.287 e. The lowest BCUT2D eigenvalue weighted by atomic mass is 10.1. The zero-order valence-corrected chi connectivity index (χ0v) is 21.7. The Bertz CT molecular complexity index is 1510. The number of amides is 2. The molecular weight excluding hydrogens is 496 g/mol. The van der Waals surface area contributed by atoms with Crippen LogP contribution in [0.2, 0.25) is 0 Å². The molecule has 1 unspecified atom stereocenters. The van der Waals surface area contributed by atoms with E-state index < -0.39 is 0 Å². The van der Waals surface area contributed by atoms with Gasteiger partial charge in [0.25, 0.3) is 11.8 Å². The van der Waals surface area contributed by atoms with Crippen LogP contribution in [0.4, 0.5) is 5.69 Å². The Morgan fingerprint density at radius 3 is 2.62 bits per heavy atom. The Hall–Kier alpha value is -4.85. The molecule has 1 aliphatic rings. The Morgan fingerprint density at radius 1 is 1.00 bits per heavy atom. The second-order valence-corrected chi connectivity index (χ2v) is 9.35. The van der Waals surface area contributed by atoms with E-state index in [1.165, 1.54) is 4.90 Å². The van der Waals surface area contributed by atoms with Crippen molar-refractivity contribution >= 4 is 23.3 Å². The molecule has 1 aromatic heterocycles. The SMILES string of the molecule is Cc1cccc(OCC(=O)c2ccc3c(c2)N(Cc2ccc(C(=O)NC(C)c4ccccc4)o2)C(=O)CO3)c1. The highest BCUT2D eigenvalue weighted by Crippen LogP contribution is 2.34. The van der Waals surface area contributed by atoms with Gasteiger partial charge in [-0.25, -0.2) is 0 Å². The zero-order valence-electron chi connectivity index (χ0n) is 21.7. The minimum atomic E-state index is -0.354. The molecule has 0 saturated heterocycles. The Morgan fingerprint density at radius 2 is 1.82 bits per heavy atom. The van der Waals surface area contributed by atoms with Crippen molar-refractivity contribution in [1.29, 1.82) is 0 Å². The van der Waals surface area contributed by atoms with Crippen LogP contribution in [0, 0.1) is 6.92 Å². The number of ketones is 1. The number of anilines is 1. The summed E-state index contributed by atoms with van der Waals surface area (Å²) < 4.78 is 17.0. The number of nitrogens with zero attached hydrogens (tertiary/aromatic N) is 1. The van der Waals surface area contributed by atoms with Crippen LogP contribution in [0.1, 0.15) is 50.8 Å². The van der Waals surface area contributed by atoms with Gasteiger partial charge in [-0.05, 0) is 67.4 Å². The highest BCUT2D eigenvalue weighted by Gasteiger charge is 2.28. The second-order valence-electron chi connectivity index (χ2n) is 9.35. The maximum atomic E-state index is 12.9. The molecule has 2 heterocycles. The van der Waals surface area contributed by atoms with Gasteiger partial charge in [-0.2, -0.15) is 0 Å². The molecule has 1 aliphatic heterocycles. The molecule has 1 atom stereocenters. The van der Waals surface area contributed by atoms with E-state index in [0.29, 0.717) is 28.5 Å². The number of carbonyl (C=O) groups is 3. The minimum absolute atomic E-state index is 0.0775. The summed E-state index contributed by atoms with van der Waals surface area (Å²) in [6.07, 6.45) is 0. The summed E-state index contributed by atoms with van der Waals surface area (Å²) in [5.41, 5.74) is 2.85.